The lowest BCUT2D eigenvalue weighted by atomic mass is 10.2. The Morgan fingerprint density at radius 2 is 2.09 bits per heavy atom. The third-order valence-electron chi connectivity index (χ3n) is 4.02. The number of carbonyl (C=O) groups excluding carboxylic acids is 1. The van der Waals surface area contributed by atoms with Crippen LogP contribution in [0.2, 0.25) is 0 Å². The van der Waals surface area contributed by atoms with Gasteiger partial charge in [0.25, 0.3) is 0 Å². The predicted octanol–water partition coefficient (Wildman–Crippen LogP) is 3.24. The molecular formula is C16H20N4OS2. The fourth-order valence-corrected chi connectivity index (χ4v) is 4.38. The predicted molar refractivity (Wildman–Crippen MR) is 95.7 cm³/mol. The second-order valence-electron chi connectivity index (χ2n) is 5.54. The third-order valence-corrected chi connectivity index (χ3v) is 6.33. The first-order valence-corrected chi connectivity index (χ1v) is 9.55. The number of benzene rings is 1. The number of amides is 2. The van der Waals surface area contributed by atoms with E-state index in [0.29, 0.717) is 11.8 Å². The first kappa shape index (κ1) is 16.3. The second-order valence-corrected chi connectivity index (χ2v) is 8.08. The number of nitrogens with zero attached hydrogens (tertiary/aromatic N) is 3. The molecule has 2 atom stereocenters. The zero-order valence-corrected chi connectivity index (χ0v) is 14.9. The molecule has 2 amide bonds. The fraction of sp³-hybridized carbons (Fsp3) is 0.438. The Morgan fingerprint density at radius 3 is 2.87 bits per heavy atom. The standard InChI is InChI=1S/C16H20N4OS2/c1-11-12(2)22-9-8-20(11)16(21)17-10-14-18-19-15(23-14)13-6-4-3-5-7-13/h3-7,11-12H,8-10H2,1-2H3,(H,17,21)/t11-,12+/m1/s1. The van der Waals surface area contributed by atoms with E-state index in [9.17, 15) is 4.79 Å². The summed E-state index contributed by atoms with van der Waals surface area (Å²) in [7, 11) is 0. The molecule has 1 aliphatic rings. The van der Waals surface area contributed by atoms with Crippen LogP contribution in [0.3, 0.4) is 0 Å². The van der Waals surface area contributed by atoms with Crippen LogP contribution in [-0.2, 0) is 6.54 Å². The molecule has 1 aromatic heterocycles. The molecular weight excluding hydrogens is 328 g/mol. The van der Waals surface area contributed by atoms with Crippen molar-refractivity contribution in [1.29, 1.82) is 0 Å². The van der Waals surface area contributed by atoms with E-state index in [1.54, 1.807) is 0 Å². The molecule has 0 unspecified atom stereocenters. The summed E-state index contributed by atoms with van der Waals surface area (Å²) in [6.45, 7) is 5.50. The van der Waals surface area contributed by atoms with Gasteiger partial charge in [-0.15, -0.1) is 10.2 Å². The molecule has 1 N–H and O–H groups in total. The van der Waals surface area contributed by atoms with E-state index in [1.165, 1.54) is 11.3 Å². The smallest absolute Gasteiger partial charge is 0.318 e. The largest absolute Gasteiger partial charge is 0.331 e. The molecule has 1 aromatic carbocycles. The summed E-state index contributed by atoms with van der Waals surface area (Å²) in [4.78, 5) is 14.3. The molecule has 1 aliphatic heterocycles. The van der Waals surface area contributed by atoms with Crippen molar-refractivity contribution in [3.63, 3.8) is 0 Å². The van der Waals surface area contributed by atoms with Crippen molar-refractivity contribution in [2.75, 3.05) is 12.3 Å². The molecule has 1 saturated heterocycles. The molecule has 0 bridgehead atoms. The topological polar surface area (TPSA) is 58.1 Å². The van der Waals surface area contributed by atoms with Crippen LogP contribution in [0.4, 0.5) is 4.79 Å². The molecule has 1 fully saturated rings. The average Bonchev–Trinajstić information content (AvgIpc) is 3.05. The quantitative estimate of drug-likeness (QED) is 0.925. The van der Waals surface area contributed by atoms with Gasteiger partial charge in [0.15, 0.2) is 0 Å². The van der Waals surface area contributed by atoms with Crippen LogP contribution in [0.5, 0.6) is 0 Å². The maximum Gasteiger partial charge on any atom is 0.318 e. The molecule has 2 heterocycles. The number of thioether (sulfide) groups is 1. The van der Waals surface area contributed by atoms with Gasteiger partial charge >= 0.3 is 6.03 Å². The minimum absolute atomic E-state index is 0.0129. The number of nitrogens with one attached hydrogen (secondary N) is 1. The van der Waals surface area contributed by atoms with Crippen molar-refractivity contribution in [3.05, 3.63) is 35.3 Å². The fourth-order valence-electron chi connectivity index (χ4n) is 2.49. The van der Waals surface area contributed by atoms with Crippen molar-refractivity contribution < 1.29 is 4.79 Å². The average molecular weight is 348 g/mol. The van der Waals surface area contributed by atoms with Gasteiger partial charge in [0, 0.05) is 29.2 Å². The number of urea groups is 1. The number of carbonyl (C=O) groups is 1. The van der Waals surface area contributed by atoms with Gasteiger partial charge in [-0.25, -0.2) is 4.79 Å². The Labute approximate surface area is 144 Å². The Balaban J connectivity index is 1.58. The molecule has 0 radical (unpaired) electrons. The van der Waals surface area contributed by atoms with Crippen LogP contribution in [0.25, 0.3) is 10.6 Å². The highest BCUT2D eigenvalue weighted by atomic mass is 32.2. The van der Waals surface area contributed by atoms with Gasteiger partial charge in [0.2, 0.25) is 0 Å². The SMILES string of the molecule is C[C@@H]1SCCN(C(=O)NCc2nnc(-c3ccccc3)s2)[C@@H]1C. The van der Waals surface area contributed by atoms with E-state index >= 15 is 0 Å². The van der Waals surface area contributed by atoms with Crippen LogP contribution in [0.15, 0.2) is 30.3 Å². The van der Waals surface area contributed by atoms with Crippen LogP contribution in [0, 0.1) is 0 Å². The monoisotopic (exact) mass is 348 g/mol. The summed E-state index contributed by atoms with van der Waals surface area (Å²) in [5, 5.41) is 13.5. The summed E-state index contributed by atoms with van der Waals surface area (Å²) >= 11 is 3.44. The van der Waals surface area contributed by atoms with Crippen LogP contribution in [-0.4, -0.2) is 44.7 Å². The van der Waals surface area contributed by atoms with Crippen LogP contribution < -0.4 is 5.32 Å². The van der Waals surface area contributed by atoms with Crippen LogP contribution in [0.1, 0.15) is 18.9 Å². The number of aromatic nitrogens is 2. The van der Waals surface area contributed by atoms with Crippen molar-refractivity contribution in [2.45, 2.75) is 31.7 Å². The maximum atomic E-state index is 12.4. The molecule has 3 rings (SSSR count). The summed E-state index contributed by atoms with van der Waals surface area (Å²) in [5.74, 6) is 0.996. The summed E-state index contributed by atoms with van der Waals surface area (Å²) < 4.78 is 0. The van der Waals surface area contributed by atoms with E-state index in [4.69, 9.17) is 0 Å². The summed E-state index contributed by atoms with van der Waals surface area (Å²) in [5.41, 5.74) is 1.05. The zero-order valence-electron chi connectivity index (χ0n) is 13.2. The number of rotatable bonds is 3. The molecule has 0 saturated carbocycles. The van der Waals surface area contributed by atoms with E-state index in [0.717, 1.165) is 27.9 Å². The molecule has 0 spiro atoms. The van der Waals surface area contributed by atoms with Crippen molar-refractivity contribution >= 4 is 29.1 Å². The van der Waals surface area contributed by atoms with Gasteiger partial charge < -0.3 is 10.2 Å². The van der Waals surface area contributed by atoms with E-state index in [2.05, 4.69) is 29.4 Å². The van der Waals surface area contributed by atoms with Gasteiger partial charge in [-0.1, -0.05) is 48.6 Å². The van der Waals surface area contributed by atoms with E-state index in [-0.39, 0.29) is 12.1 Å². The van der Waals surface area contributed by atoms with Gasteiger partial charge in [-0.3, -0.25) is 0 Å². The van der Waals surface area contributed by atoms with Crippen molar-refractivity contribution in [2.24, 2.45) is 0 Å². The highest BCUT2D eigenvalue weighted by Crippen LogP contribution is 2.25. The number of hydrogen-bond donors (Lipinski definition) is 1. The minimum Gasteiger partial charge on any atom is -0.331 e. The lowest BCUT2D eigenvalue weighted by Crippen LogP contribution is -2.51. The Hall–Kier alpha value is -1.60. The molecule has 23 heavy (non-hydrogen) atoms. The zero-order chi connectivity index (χ0) is 16.2. The molecule has 7 heteroatoms. The molecule has 2 aromatic rings. The lowest BCUT2D eigenvalue weighted by Gasteiger charge is -2.37. The van der Waals surface area contributed by atoms with E-state index < -0.39 is 0 Å². The van der Waals surface area contributed by atoms with Crippen molar-refractivity contribution in [1.82, 2.24) is 20.4 Å². The first-order valence-electron chi connectivity index (χ1n) is 7.69. The molecule has 0 aliphatic carbocycles. The van der Waals surface area contributed by atoms with Crippen molar-refractivity contribution in [3.8, 4) is 10.6 Å². The third kappa shape index (κ3) is 3.84. The lowest BCUT2D eigenvalue weighted by molar-refractivity contribution is 0.180. The Bertz CT molecular complexity index is 661. The highest BCUT2D eigenvalue weighted by molar-refractivity contribution is 8.00. The maximum absolute atomic E-state index is 12.4. The highest BCUT2D eigenvalue weighted by Gasteiger charge is 2.28. The van der Waals surface area contributed by atoms with Gasteiger partial charge in [-0.2, -0.15) is 11.8 Å². The molecule has 122 valence electrons. The van der Waals surface area contributed by atoms with E-state index in [1.807, 2.05) is 47.0 Å². The first-order chi connectivity index (χ1) is 11.1. The number of hydrogen-bond acceptors (Lipinski definition) is 5. The minimum atomic E-state index is -0.0129. The molecule has 5 nitrogen and oxygen atoms in total. The summed E-state index contributed by atoms with van der Waals surface area (Å²) in [6, 6.07) is 10.2. The van der Waals surface area contributed by atoms with Gasteiger partial charge in [-0.05, 0) is 6.92 Å². The Kier molecular flexibility index (Phi) is 5.17. The summed E-state index contributed by atoms with van der Waals surface area (Å²) in [6.07, 6.45) is 0. The normalized spacial score (nSPS) is 21.2. The van der Waals surface area contributed by atoms with Gasteiger partial charge in [0.05, 0.1) is 6.54 Å². The van der Waals surface area contributed by atoms with Gasteiger partial charge in [0.1, 0.15) is 10.0 Å². The van der Waals surface area contributed by atoms with Crippen LogP contribution >= 0.6 is 23.1 Å². The Morgan fingerprint density at radius 1 is 1.30 bits per heavy atom. The second kappa shape index (κ2) is 7.31.